The minimum atomic E-state index is -0.300. The normalized spacial score (nSPS) is 15.0. The van der Waals surface area contributed by atoms with Crippen molar-refractivity contribution in [2.45, 2.75) is 25.7 Å². The fraction of sp³-hybridized carbons (Fsp3) is 0.308. The molecule has 0 atom stereocenters. The highest BCUT2D eigenvalue weighted by atomic mass is 79.9. The monoisotopic (exact) mass is 282 g/mol. The molecule has 1 aliphatic rings. The van der Waals surface area contributed by atoms with E-state index in [1.807, 2.05) is 6.08 Å². The highest BCUT2D eigenvalue weighted by Gasteiger charge is 2.15. The summed E-state index contributed by atoms with van der Waals surface area (Å²) >= 11 is 3.33. The second-order valence-electron chi connectivity index (χ2n) is 3.96. The summed E-state index contributed by atoms with van der Waals surface area (Å²) in [5.74, 6) is -0.185. The lowest BCUT2D eigenvalue weighted by Crippen LogP contribution is -2.05. The van der Waals surface area contributed by atoms with Gasteiger partial charge in [0, 0.05) is 10.9 Å². The Balaban J connectivity index is 2.14. The van der Waals surface area contributed by atoms with Crippen LogP contribution in [0.2, 0.25) is 0 Å². The average Bonchev–Trinajstić information content (AvgIpc) is 2.76. The van der Waals surface area contributed by atoms with Gasteiger partial charge in [-0.25, -0.2) is 4.39 Å². The summed E-state index contributed by atoms with van der Waals surface area (Å²) in [6.45, 7) is 0. The van der Waals surface area contributed by atoms with E-state index in [1.165, 1.54) is 12.1 Å². The number of halogens is 2. The van der Waals surface area contributed by atoms with E-state index in [4.69, 9.17) is 0 Å². The summed E-state index contributed by atoms with van der Waals surface area (Å²) in [5.41, 5.74) is 1.62. The van der Waals surface area contributed by atoms with Crippen LogP contribution < -0.4 is 0 Å². The molecule has 0 radical (unpaired) electrons. The van der Waals surface area contributed by atoms with Crippen molar-refractivity contribution in [2.24, 2.45) is 0 Å². The topological polar surface area (TPSA) is 17.1 Å². The molecule has 3 heteroatoms. The molecule has 0 spiro atoms. The van der Waals surface area contributed by atoms with E-state index in [2.05, 4.69) is 15.9 Å². The third-order valence-corrected chi connectivity index (χ3v) is 3.53. The van der Waals surface area contributed by atoms with E-state index in [9.17, 15) is 9.18 Å². The number of carbonyl (C=O) groups is 1. The first-order valence-electron chi connectivity index (χ1n) is 5.33. The number of carbonyl (C=O) groups excluding carboxylic acids is 1. The van der Waals surface area contributed by atoms with Crippen LogP contribution in [0.4, 0.5) is 4.39 Å². The molecule has 0 amide bonds. The maximum Gasteiger partial charge on any atom is 0.162 e. The Bertz CT molecular complexity index is 451. The number of Topliss-reactive ketones (excluding diaryl/α,β-unsaturated/α-hetero) is 1. The smallest absolute Gasteiger partial charge is 0.162 e. The molecular formula is C13H12BrFO. The molecule has 16 heavy (non-hydrogen) atoms. The van der Waals surface area contributed by atoms with E-state index >= 15 is 0 Å². The molecule has 2 rings (SSSR count). The minimum Gasteiger partial charge on any atom is -0.294 e. The summed E-state index contributed by atoms with van der Waals surface area (Å²) in [6, 6.07) is 4.44. The molecule has 0 aromatic heterocycles. The lowest BCUT2D eigenvalue weighted by Gasteiger charge is -2.04. The van der Waals surface area contributed by atoms with Gasteiger partial charge in [-0.15, -0.1) is 0 Å². The molecule has 0 unspecified atom stereocenters. The van der Waals surface area contributed by atoms with Gasteiger partial charge in [-0.05, 0) is 48.6 Å². The van der Waals surface area contributed by atoms with Gasteiger partial charge in [-0.1, -0.05) is 22.0 Å². The third-order valence-electron chi connectivity index (χ3n) is 2.76. The van der Waals surface area contributed by atoms with Crippen LogP contribution in [0.1, 0.15) is 24.8 Å². The van der Waals surface area contributed by atoms with Crippen LogP contribution in [0.5, 0.6) is 0 Å². The Kier molecular flexibility index (Phi) is 3.54. The molecule has 0 saturated heterocycles. The van der Waals surface area contributed by atoms with E-state index in [-0.39, 0.29) is 18.0 Å². The number of ketones is 1. The molecule has 0 N–H and O–H groups in total. The molecule has 0 aliphatic heterocycles. The Morgan fingerprint density at radius 3 is 2.94 bits per heavy atom. The van der Waals surface area contributed by atoms with Crippen molar-refractivity contribution in [3.8, 4) is 0 Å². The number of rotatable bonds is 3. The van der Waals surface area contributed by atoms with Gasteiger partial charge in [0.1, 0.15) is 5.82 Å². The van der Waals surface area contributed by atoms with Crippen molar-refractivity contribution in [2.75, 3.05) is 0 Å². The van der Waals surface area contributed by atoms with Crippen molar-refractivity contribution < 1.29 is 9.18 Å². The van der Waals surface area contributed by atoms with Crippen molar-refractivity contribution >= 4 is 21.7 Å². The van der Waals surface area contributed by atoms with Crippen LogP contribution in [-0.4, -0.2) is 5.78 Å². The highest BCUT2D eigenvalue weighted by molar-refractivity contribution is 9.10. The lowest BCUT2D eigenvalue weighted by molar-refractivity contribution is -0.115. The number of benzene rings is 1. The molecule has 84 valence electrons. The molecule has 1 aromatic rings. The molecule has 0 heterocycles. The maximum atomic E-state index is 13.0. The zero-order valence-electron chi connectivity index (χ0n) is 8.80. The second kappa shape index (κ2) is 4.91. The minimum absolute atomic E-state index is 0.115. The van der Waals surface area contributed by atoms with Crippen molar-refractivity contribution in [1.29, 1.82) is 0 Å². The van der Waals surface area contributed by atoms with Crippen LogP contribution >= 0.6 is 15.9 Å². The summed E-state index contributed by atoms with van der Waals surface area (Å²) in [4.78, 5) is 11.9. The van der Waals surface area contributed by atoms with Crippen molar-refractivity contribution in [3.63, 3.8) is 0 Å². The summed E-state index contributed by atoms with van der Waals surface area (Å²) < 4.78 is 13.8. The third kappa shape index (κ3) is 2.59. The van der Waals surface area contributed by atoms with E-state index in [0.29, 0.717) is 0 Å². The number of hydrogen-bond acceptors (Lipinski definition) is 1. The summed E-state index contributed by atoms with van der Waals surface area (Å²) in [5, 5.41) is 0. The van der Waals surface area contributed by atoms with Gasteiger partial charge in [0.05, 0.1) is 0 Å². The van der Waals surface area contributed by atoms with Gasteiger partial charge in [-0.3, -0.25) is 4.79 Å². The zero-order chi connectivity index (χ0) is 11.5. The zero-order valence-corrected chi connectivity index (χ0v) is 10.4. The van der Waals surface area contributed by atoms with Gasteiger partial charge in [0.25, 0.3) is 0 Å². The van der Waals surface area contributed by atoms with E-state index < -0.39 is 0 Å². The molecule has 1 aliphatic carbocycles. The Labute approximate surface area is 102 Å². The van der Waals surface area contributed by atoms with Gasteiger partial charge >= 0.3 is 0 Å². The van der Waals surface area contributed by atoms with E-state index in [0.717, 1.165) is 34.9 Å². The Morgan fingerprint density at radius 1 is 1.44 bits per heavy atom. The molecule has 0 saturated carbocycles. The fourth-order valence-corrected chi connectivity index (χ4v) is 2.28. The van der Waals surface area contributed by atoms with E-state index in [1.54, 1.807) is 6.07 Å². The van der Waals surface area contributed by atoms with Crippen molar-refractivity contribution in [1.82, 2.24) is 0 Å². The quantitative estimate of drug-likeness (QED) is 0.824. The summed E-state index contributed by atoms with van der Waals surface area (Å²) in [6.07, 6.45) is 5.20. The van der Waals surface area contributed by atoms with Crippen LogP contribution in [0.3, 0.4) is 0 Å². The Morgan fingerprint density at radius 2 is 2.25 bits per heavy atom. The predicted octanol–water partition coefficient (Wildman–Crippen LogP) is 3.81. The SMILES string of the molecule is O=C(Cc1cc(F)ccc1Br)C1=CCCC1. The first kappa shape index (κ1) is 11.5. The molecule has 1 nitrogen and oxygen atoms in total. The molecule has 0 bridgehead atoms. The van der Waals surface area contributed by atoms with Gasteiger partial charge in [-0.2, -0.15) is 0 Å². The number of allylic oxidation sites excluding steroid dienone is 2. The van der Waals surface area contributed by atoms with Crippen LogP contribution in [0.25, 0.3) is 0 Å². The van der Waals surface area contributed by atoms with Gasteiger partial charge < -0.3 is 0 Å². The second-order valence-corrected chi connectivity index (χ2v) is 4.81. The predicted molar refractivity (Wildman–Crippen MR) is 64.7 cm³/mol. The van der Waals surface area contributed by atoms with Gasteiger partial charge in [0.15, 0.2) is 5.78 Å². The largest absolute Gasteiger partial charge is 0.294 e. The van der Waals surface area contributed by atoms with Crippen molar-refractivity contribution in [3.05, 3.63) is 45.7 Å². The molecule has 1 aromatic carbocycles. The summed E-state index contributed by atoms with van der Waals surface area (Å²) in [7, 11) is 0. The first-order chi connectivity index (χ1) is 7.66. The molecular weight excluding hydrogens is 271 g/mol. The standard InChI is InChI=1S/C13H12BrFO/c14-12-6-5-11(15)7-10(12)8-13(16)9-3-1-2-4-9/h3,5-7H,1-2,4,8H2. The Hall–Kier alpha value is -0.960. The van der Waals surface area contributed by atoms with Crippen LogP contribution in [-0.2, 0) is 11.2 Å². The lowest BCUT2D eigenvalue weighted by atomic mass is 10.0. The number of hydrogen-bond donors (Lipinski definition) is 0. The van der Waals surface area contributed by atoms with Crippen LogP contribution in [0.15, 0.2) is 34.3 Å². The average molecular weight is 283 g/mol. The maximum absolute atomic E-state index is 13.0. The van der Waals surface area contributed by atoms with Crippen LogP contribution in [0, 0.1) is 5.82 Å². The van der Waals surface area contributed by atoms with Gasteiger partial charge in [0.2, 0.25) is 0 Å². The molecule has 0 fully saturated rings. The highest BCUT2D eigenvalue weighted by Crippen LogP contribution is 2.23. The first-order valence-corrected chi connectivity index (χ1v) is 6.12. The fourth-order valence-electron chi connectivity index (χ4n) is 1.89.